The van der Waals surface area contributed by atoms with Crippen LogP contribution in [0.1, 0.15) is 25.7 Å². The number of amides is 1. The molecule has 8 heteroatoms. The van der Waals surface area contributed by atoms with Gasteiger partial charge in [-0.2, -0.15) is 4.99 Å². The van der Waals surface area contributed by atoms with Gasteiger partial charge < -0.3 is 9.64 Å². The summed E-state index contributed by atoms with van der Waals surface area (Å²) in [5.41, 5.74) is 0. The molecule has 4 fully saturated rings. The van der Waals surface area contributed by atoms with Gasteiger partial charge in [-0.1, -0.05) is 18.2 Å². The van der Waals surface area contributed by atoms with Gasteiger partial charge in [0.25, 0.3) is 5.91 Å². The molecule has 2 heterocycles. The number of rotatable bonds is 3. The van der Waals surface area contributed by atoms with Gasteiger partial charge in [0.2, 0.25) is 0 Å². The summed E-state index contributed by atoms with van der Waals surface area (Å²) in [6, 6.07) is 0.349. The molecule has 0 spiro atoms. The number of fused-ring (bicyclic) bond motifs is 3. The smallest absolute Gasteiger partial charge is 0.274 e. The van der Waals surface area contributed by atoms with E-state index in [1.807, 2.05) is 0 Å². The normalized spacial score (nSPS) is 42.6. The fourth-order valence-electron chi connectivity index (χ4n) is 4.79. The molecular formula is C15H22N2O4S2. The van der Waals surface area contributed by atoms with Gasteiger partial charge >= 0.3 is 0 Å². The van der Waals surface area contributed by atoms with Crippen LogP contribution < -0.4 is 0 Å². The summed E-state index contributed by atoms with van der Waals surface area (Å²) in [7, 11) is -1.49. The number of aliphatic imine (C=N–C) groups is 1. The summed E-state index contributed by atoms with van der Waals surface area (Å²) in [4.78, 5) is 18.4. The molecule has 2 saturated carbocycles. The van der Waals surface area contributed by atoms with Crippen molar-refractivity contribution in [1.82, 2.24) is 4.90 Å². The third kappa shape index (κ3) is 2.82. The lowest BCUT2D eigenvalue weighted by Gasteiger charge is -2.36. The number of amidine groups is 1. The minimum Gasteiger partial charge on any atom is -0.375 e. The number of thioether (sulfide) groups is 1. The first-order chi connectivity index (χ1) is 11.0. The highest BCUT2D eigenvalue weighted by Gasteiger charge is 2.54. The largest absolute Gasteiger partial charge is 0.375 e. The lowest BCUT2D eigenvalue weighted by atomic mass is 9.93. The van der Waals surface area contributed by atoms with E-state index in [4.69, 9.17) is 4.74 Å². The Morgan fingerprint density at radius 2 is 2.13 bits per heavy atom. The molecule has 1 amide bonds. The summed E-state index contributed by atoms with van der Waals surface area (Å²) < 4.78 is 28.9. The highest BCUT2D eigenvalue weighted by atomic mass is 32.2. The second-order valence-electron chi connectivity index (χ2n) is 7.17. The zero-order valence-electron chi connectivity index (χ0n) is 13.2. The number of sulfone groups is 1. The molecule has 4 aliphatic rings. The molecule has 0 radical (unpaired) electrons. The van der Waals surface area contributed by atoms with Crippen LogP contribution in [0, 0.1) is 11.8 Å². The molecule has 4 rings (SSSR count). The van der Waals surface area contributed by atoms with E-state index in [2.05, 4.69) is 9.89 Å². The van der Waals surface area contributed by atoms with Crippen molar-refractivity contribution in [2.45, 2.75) is 43.0 Å². The molecular weight excluding hydrogens is 336 g/mol. The summed E-state index contributed by atoms with van der Waals surface area (Å²) >= 11 is 1.48. The van der Waals surface area contributed by atoms with Gasteiger partial charge in [0, 0.05) is 18.4 Å². The van der Waals surface area contributed by atoms with Crippen molar-refractivity contribution in [2.24, 2.45) is 16.8 Å². The summed E-state index contributed by atoms with van der Waals surface area (Å²) in [5, 5.41) is 0.753. The molecule has 2 aliphatic heterocycles. The zero-order valence-corrected chi connectivity index (χ0v) is 14.8. The lowest BCUT2D eigenvalue weighted by molar-refractivity contribution is -0.121. The maximum absolute atomic E-state index is 12.0. The monoisotopic (exact) mass is 358 g/mol. The van der Waals surface area contributed by atoms with Crippen molar-refractivity contribution in [3.8, 4) is 0 Å². The first-order valence-electron chi connectivity index (χ1n) is 8.22. The van der Waals surface area contributed by atoms with Crippen molar-refractivity contribution in [3.63, 3.8) is 0 Å². The Kier molecular flexibility index (Phi) is 3.97. The highest BCUT2D eigenvalue weighted by Crippen LogP contribution is 2.51. The Morgan fingerprint density at radius 1 is 1.30 bits per heavy atom. The standard InChI is InChI=1S/C15H22N2O4S2/c1-21-6-14(18)16-15-17(11-5-9-2-3-10(11)4-9)12-7-23(19,20)8-13(12)22-15/h9-13H,2-8H2,1H3/t9-,10-,11+,12-,13+/m0/s1. The quantitative estimate of drug-likeness (QED) is 0.747. The first-order valence-corrected chi connectivity index (χ1v) is 10.9. The van der Waals surface area contributed by atoms with Crippen LogP contribution in [0.25, 0.3) is 0 Å². The molecule has 5 atom stereocenters. The second-order valence-corrected chi connectivity index (χ2v) is 10.5. The molecule has 23 heavy (non-hydrogen) atoms. The van der Waals surface area contributed by atoms with Crippen LogP contribution in [-0.4, -0.2) is 66.9 Å². The number of methoxy groups -OCH3 is 1. The summed E-state index contributed by atoms with van der Waals surface area (Å²) in [6.07, 6.45) is 4.88. The van der Waals surface area contributed by atoms with Gasteiger partial charge in [0.05, 0.1) is 17.5 Å². The fraction of sp³-hybridized carbons (Fsp3) is 0.867. The molecule has 6 nitrogen and oxygen atoms in total. The van der Waals surface area contributed by atoms with Crippen LogP contribution in [0.15, 0.2) is 4.99 Å². The van der Waals surface area contributed by atoms with Gasteiger partial charge in [-0.3, -0.25) is 4.79 Å². The van der Waals surface area contributed by atoms with Gasteiger partial charge in [-0.15, -0.1) is 0 Å². The number of carbonyl (C=O) groups excluding carboxylic acids is 1. The Balaban J connectivity index is 1.63. The third-order valence-corrected chi connectivity index (χ3v) is 8.88. The van der Waals surface area contributed by atoms with E-state index in [0.717, 1.165) is 17.5 Å². The first kappa shape index (κ1) is 15.9. The van der Waals surface area contributed by atoms with Crippen LogP contribution in [-0.2, 0) is 19.4 Å². The predicted molar refractivity (Wildman–Crippen MR) is 89.2 cm³/mol. The van der Waals surface area contributed by atoms with Gasteiger partial charge in [-0.25, -0.2) is 8.42 Å². The van der Waals surface area contributed by atoms with Crippen molar-refractivity contribution < 1.29 is 17.9 Å². The Bertz CT molecular complexity index is 648. The minimum atomic E-state index is -2.97. The van der Waals surface area contributed by atoms with Crippen LogP contribution in [0.3, 0.4) is 0 Å². The molecule has 2 bridgehead atoms. The number of carbonyl (C=O) groups is 1. The van der Waals surface area contributed by atoms with E-state index in [9.17, 15) is 13.2 Å². The van der Waals surface area contributed by atoms with E-state index >= 15 is 0 Å². The van der Waals surface area contributed by atoms with Crippen LogP contribution in [0.4, 0.5) is 0 Å². The number of ether oxygens (including phenoxy) is 1. The van der Waals surface area contributed by atoms with Crippen LogP contribution in [0.2, 0.25) is 0 Å². The molecule has 2 saturated heterocycles. The average molecular weight is 358 g/mol. The maximum atomic E-state index is 12.0. The maximum Gasteiger partial charge on any atom is 0.274 e. The molecule has 0 aromatic carbocycles. The molecule has 0 unspecified atom stereocenters. The number of hydrogen-bond donors (Lipinski definition) is 0. The third-order valence-electron chi connectivity index (χ3n) is 5.65. The van der Waals surface area contributed by atoms with Gasteiger partial charge in [0.15, 0.2) is 15.0 Å². The Labute approximate surface area is 141 Å². The fourth-order valence-corrected chi connectivity index (χ4v) is 8.78. The van der Waals surface area contributed by atoms with Gasteiger partial charge in [-0.05, 0) is 31.1 Å². The minimum absolute atomic E-state index is 0.0107. The van der Waals surface area contributed by atoms with E-state index in [1.165, 1.54) is 38.1 Å². The summed E-state index contributed by atoms with van der Waals surface area (Å²) in [6.45, 7) is -0.0255. The van der Waals surface area contributed by atoms with E-state index in [-0.39, 0.29) is 35.3 Å². The SMILES string of the molecule is COCC(=O)N=C1S[C@@H]2CS(=O)(=O)C[C@@H]2N1[C@@H]1C[C@H]2CC[C@H]1C2. The van der Waals surface area contributed by atoms with E-state index in [1.54, 1.807) is 0 Å². The van der Waals surface area contributed by atoms with E-state index < -0.39 is 9.84 Å². The van der Waals surface area contributed by atoms with Crippen molar-refractivity contribution >= 4 is 32.7 Å². The van der Waals surface area contributed by atoms with E-state index in [0.29, 0.717) is 12.0 Å². The number of nitrogens with zero attached hydrogens (tertiary/aromatic N) is 2. The van der Waals surface area contributed by atoms with Crippen molar-refractivity contribution in [2.75, 3.05) is 25.2 Å². The molecule has 2 aliphatic carbocycles. The summed E-state index contributed by atoms with van der Waals surface area (Å²) in [5.74, 6) is 1.52. The molecule has 128 valence electrons. The molecule has 0 N–H and O–H groups in total. The van der Waals surface area contributed by atoms with Crippen LogP contribution >= 0.6 is 11.8 Å². The van der Waals surface area contributed by atoms with Crippen LogP contribution in [0.5, 0.6) is 0 Å². The molecule has 0 aromatic rings. The zero-order chi connectivity index (χ0) is 16.2. The highest BCUT2D eigenvalue weighted by molar-refractivity contribution is 8.15. The number of hydrogen-bond acceptors (Lipinski definition) is 5. The average Bonchev–Trinajstić information content (AvgIpc) is 3.18. The Hall–Kier alpha value is -0.600. The predicted octanol–water partition coefficient (Wildman–Crippen LogP) is 0.918. The lowest BCUT2D eigenvalue weighted by Crippen LogP contribution is -2.47. The molecule has 0 aromatic heterocycles. The van der Waals surface area contributed by atoms with Crippen molar-refractivity contribution in [3.05, 3.63) is 0 Å². The Morgan fingerprint density at radius 3 is 2.78 bits per heavy atom. The van der Waals surface area contributed by atoms with Gasteiger partial charge in [0.1, 0.15) is 6.61 Å². The van der Waals surface area contributed by atoms with Crippen molar-refractivity contribution in [1.29, 1.82) is 0 Å². The second kappa shape index (κ2) is 5.74. The topological polar surface area (TPSA) is 76.0 Å².